The maximum Gasteiger partial charge on any atom is 0.278 e. The van der Waals surface area contributed by atoms with Crippen LogP contribution in [0.1, 0.15) is 32.0 Å². The molecule has 2 aliphatic rings. The van der Waals surface area contributed by atoms with Gasteiger partial charge in [0.15, 0.2) is 0 Å². The zero-order valence-electron chi connectivity index (χ0n) is 19.0. The Morgan fingerprint density at radius 2 is 1.69 bits per heavy atom. The number of hydrogen-bond acceptors (Lipinski definition) is 6. The first-order chi connectivity index (χ1) is 15.5. The number of hydrogen-bond donors (Lipinski definition) is 0. The molecule has 0 N–H and O–H groups in total. The molecule has 4 rings (SSSR count). The minimum atomic E-state index is -0.272. The highest BCUT2D eigenvalue weighted by Crippen LogP contribution is 2.33. The standard InChI is InChI=1S/C25H30N4O3/c1-4-27-13-15-28(16-14-27)23-22(19-8-10-21(11-9-19)32-18(2)3)24(30)29(25(23)31)17-20-7-5-6-12-26-20/h5-12,18H,4,13-17H2,1-3H3. The van der Waals surface area contributed by atoms with Gasteiger partial charge in [-0.1, -0.05) is 25.1 Å². The Morgan fingerprint density at radius 3 is 2.28 bits per heavy atom. The molecule has 168 valence electrons. The summed E-state index contributed by atoms with van der Waals surface area (Å²) >= 11 is 0. The van der Waals surface area contributed by atoms with Crippen molar-refractivity contribution in [3.05, 3.63) is 65.6 Å². The molecule has 2 aliphatic heterocycles. The zero-order chi connectivity index (χ0) is 22.7. The van der Waals surface area contributed by atoms with Gasteiger partial charge >= 0.3 is 0 Å². The molecule has 3 heterocycles. The number of carbonyl (C=O) groups excluding carboxylic acids is 2. The van der Waals surface area contributed by atoms with E-state index in [0.717, 1.165) is 44.0 Å². The molecule has 7 heteroatoms. The summed E-state index contributed by atoms with van der Waals surface area (Å²) < 4.78 is 5.74. The van der Waals surface area contributed by atoms with Gasteiger partial charge in [0.2, 0.25) is 0 Å². The third kappa shape index (κ3) is 4.53. The SMILES string of the molecule is CCN1CCN(C2=C(c3ccc(OC(C)C)cc3)C(=O)N(Cc3ccccn3)C2=O)CC1. The average Bonchev–Trinajstić information content (AvgIpc) is 3.05. The topological polar surface area (TPSA) is 66.0 Å². The lowest BCUT2D eigenvalue weighted by Gasteiger charge is -2.36. The van der Waals surface area contributed by atoms with E-state index in [2.05, 4.69) is 21.7 Å². The van der Waals surface area contributed by atoms with Crippen LogP contribution in [0.3, 0.4) is 0 Å². The lowest BCUT2D eigenvalue weighted by atomic mass is 10.0. The van der Waals surface area contributed by atoms with E-state index >= 15 is 0 Å². The second-order valence-electron chi connectivity index (χ2n) is 8.35. The number of benzene rings is 1. The van der Waals surface area contributed by atoms with Gasteiger partial charge in [0.05, 0.1) is 23.9 Å². The van der Waals surface area contributed by atoms with Crippen molar-refractivity contribution in [3.63, 3.8) is 0 Å². The molecule has 0 saturated carbocycles. The minimum Gasteiger partial charge on any atom is -0.491 e. The average molecular weight is 435 g/mol. The summed E-state index contributed by atoms with van der Waals surface area (Å²) in [6, 6.07) is 13.0. The van der Waals surface area contributed by atoms with Crippen LogP contribution in [0.15, 0.2) is 54.4 Å². The number of nitrogens with zero attached hydrogens (tertiary/aromatic N) is 4. The number of imide groups is 1. The maximum absolute atomic E-state index is 13.5. The van der Waals surface area contributed by atoms with Crippen molar-refractivity contribution in [2.24, 2.45) is 0 Å². The Labute approximate surface area is 189 Å². The van der Waals surface area contributed by atoms with Gasteiger partial charge in [0.1, 0.15) is 11.4 Å². The van der Waals surface area contributed by atoms with Crippen LogP contribution in [0.4, 0.5) is 0 Å². The van der Waals surface area contributed by atoms with E-state index in [1.807, 2.05) is 56.3 Å². The summed E-state index contributed by atoms with van der Waals surface area (Å²) in [6.45, 7) is 10.4. The number of ether oxygens (including phenoxy) is 1. The molecule has 2 amide bonds. The van der Waals surface area contributed by atoms with E-state index in [-0.39, 0.29) is 24.5 Å². The molecule has 0 bridgehead atoms. The Kier molecular flexibility index (Phi) is 6.55. The van der Waals surface area contributed by atoms with E-state index in [1.54, 1.807) is 6.20 Å². The van der Waals surface area contributed by atoms with Crippen molar-refractivity contribution in [1.29, 1.82) is 0 Å². The molecule has 32 heavy (non-hydrogen) atoms. The molecule has 0 spiro atoms. The third-order valence-corrected chi connectivity index (χ3v) is 5.84. The zero-order valence-corrected chi connectivity index (χ0v) is 19.0. The number of pyridine rings is 1. The van der Waals surface area contributed by atoms with Crippen LogP contribution in [0.2, 0.25) is 0 Å². The summed E-state index contributed by atoms with van der Waals surface area (Å²) in [4.78, 5) is 37.1. The molecule has 0 radical (unpaired) electrons. The highest BCUT2D eigenvalue weighted by atomic mass is 16.5. The molecular weight excluding hydrogens is 404 g/mol. The summed E-state index contributed by atoms with van der Waals surface area (Å²) in [5.74, 6) is 0.221. The fourth-order valence-corrected chi connectivity index (χ4v) is 4.17. The van der Waals surface area contributed by atoms with Crippen molar-refractivity contribution >= 4 is 17.4 Å². The number of carbonyl (C=O) groups is 2. The van der Waals surface area contributed by atoms with Gasteiger partial charge in [-0.2, -0.15) is 0 Å². The molecule has 0 atom stereocenters. The van der Waals surface area contributed by atoms with Gasteiger partial charge in [-0.25, -0.2) is 0 Å². The fraction of sp³-hybridized carbons (Fsp3) is 0.400. The smallest absolute Gasteiger partial charge is 0.278 e. The first kappa shape index (κ1) is 22.0. The first-order valence-electron chi connectivity index (χ1n) is 11.2. The predicted octanol–water partition coefficient (Wildman–Crippen LogP) is 2.79. The van der Waals surface area contributed by atoms with Gasteiger partial charge in [0, 0.05) is 32.4 Å². The highest BCUT2D eigenvalue weighted by Gasteiger charge is 2.42. The van der Waals surface area contributed by atoms with Crippen LogP contribution in [0.25, 0.3) is 5.57 Å². The molecule has 2 aromatic rings. The van der Waals surface area contributed by atoms with Crippen molar-refractivity contribution in [3.8, 4) is 5.75 Å². The minimum absolute atomic E-state index is 0.0639. The van der Waals surface area contributed by atoms with E-state index in [9.17, 15) is 9.59 Å². The van der Waals surface area contributed by atoms with Gasteiger partial charge in [0.25, 0.3) is 11.8 Å². The molecule has 1 aromatic heterocycles. The van der Waals surface area contributed by atoms with Gasteiger partial charge in [-0.15, -0.1) is 0 Å². The summed E-state index contributed by atoms with van der Waals surface area (Å²) in [5.41, 5.74) is 2.38. The predicted molar refractivity (Wildman–Crippen MR) is 123 cm³/mol. The normalized spacial score (nSPS) is 17.6. The third-order valence-electron chi connectivity index (χ3n) is 5.84. The second kappa shape index (κ2) is 9.53. The van der Waals surface area contributed by atoms with Gasteiger partial charge < -0.3 is 14.5 Å². The van der Waals surface area contributed by atoms with Crippen LogP contribution in [0.5, 0.6) is 5.75 Å². The van der Waals surface area contributed by atoms with Crippen molar-refractivity contribution in [1.82, 2.24) is 19.7 Å². The highest BCUT2D eigenvalue weighted by molar-refractivity contribution is 6.35. The lowest BCUT2D eigenvalue weighted by Crippen LogP contribution is -2.47. The summed E-state index contributed by atoms with van der Waals surface area (Å²) in [6.07, 6.45) is 1.74. The number of aromatic nitrogens is 1. The summed E-state index contributed by atoms with van der Waals surface area (Å²) in [5, 5.41) is 0. The quantitative estimate of drug-likeness (QED) is 0.625. The van der Waals surface area contributed by atoms with Crippen molar-refractivity contribution in [2.45, 2.75) is 33.4 Å². The molecule has 7 nitrogen and oxygen atoms in total. The number of amides is 2. The summed E-state index contributed by atoms with van der Waals surface area (Å²) in [7, 11) is 0. The van der Waals surface area contributed by atoms with Crippen LogP contribution in [0, 0.1) is 0 Å². The number of rotatable bonds is 7. The van der Waals surface area contributed by atoms with Gasteiger partial charge in [-0.05, 0) is 50.2 Å². The second-order valence-corrected chi connectivity index (χ2v) is 8.35. The Hall–Kier alpha value is -3.19. The van der Waals surface area contributed by atoms with E-state index in [0.29, 0.717) is 17.0 Å². The monoisotopic (exact) mass is 434 g/mol. The van der Waals surface area contributed by atoms with E-state index in [1.165, 1.54) is 4.90 Å². The lowest BCUT2D eigenvalue weighted by molar-refractivity contribution is -0.138. The molecule has 1 fully saturated rings. The fourth-order valence-electron chi connectivity index (χ4n) is 4.17. The Bertz CT molecular complexity index is 994. The van der Waals surface area contributed by atoms with Crippen molar-refractivity contribution < 1.29 is 14.3 Å². The molecular formula is C25H30N4O3. The molecule has 0 aliphatic carbocycles. The molecule has 1 saturated heterocycles. The van der Waals surface area contributed by atoms with Crippen molar-refractivity contribution in [2.75, 3.05) is 32.7 Å². The molecule has 0 unspecified atom stereocenters. The van der Waals surface area contributed by atoms with E-state index in [4.69, 9.17) is 4.74 Å². The van der Waals surface area contributed by atoms with Crippen LogP contribution >= 0.6 is 0 Å². The number of likely N-dealkylation sites (N-methyl/N-ethyl adjacent to an activating group) is 1. The van der Waals surface area contributed by atoms with Crippen LogP contribution in [-0.2, 0) is 16.1 Å². The van der Waals surface area contributed by atoms with Crippen LogP contribution < -0.4 is 4.74 Å². The first-order valence-corrected chi connectivity index (χ1v) is 11.2. The molecule has 1 aromatic carbocycles. The Morgan fingerprint density at radius 1 is 0.969 bits per heavy atom. The van der Waals surface area contributed by atoms with E-state index < -0.39 is 0 Å². The van der Waals surface area contributed by atoms with Crippen LogP contribution in [-0.4, -0.2) is 70.3 Å². The van der Waals surface area contributed by atoms with Gasteiger partial charge in [-0.3, -0.25) is 19.5 Å². The maximum atomic E-state index is 13.5. The number of piperazine rings is 1. The largest absolute Gasteiger partial charge is 0.491 e. The Balaban J connectivity index is 1.68.